The fourth-order valence-electron chi connectivity index (χ4n) is 1.98. The van der Waals surface area contributed by atoms with E-state index in [-0.39, 0.29) is 5.56 Å². The number of hydrogen-bond donors (Lipinski definition) is 2. The molecule has 2 heterocycles. The Kier molecular flexibility index (Phi) is 3.26. The first kappa shape index (κ1) is 12.5. The summed E-state index contributed by atoms with van der Waals surface area (Å²) < 4.78 is 1.65. The predicted octanol–water partition coefficient (Wildman–Crippen LogP) is 0.341. The molecule has 0 spiro atoms. The first-order chi connectivity index (χ1) is 9.72. The maximum absolute atomic E-state index is 11.9. The molecule has 0 saturated heterocycles. The Morgan fingerprint density at radius 3 is 2.95 bits per heavy atom. The minimum absolute atomic E-state index is 0.122. The molecule has 0 bridgehead atoms. The molecular formula is C13H14N6O. The molecule has 0 aliphatic carbocycles. The van der Waals surface area contributed by atoms with Crippen LogP contribution < -0.4 is 10.9 Å². The second kappa shape index (κ2) is 5.22. The van der Waals surface area contributed by atoms with Gasteiger partial charge in [0.05, 0.1) is 24.0 Å². The van der Waals surface area contributed by atoms with Gasteiger partial charge < -0.3 is 10.3 Å². The third kappa shape index (κ3) is 2.57. The monoisotopic (exact) mass is 270 g/mol. The van der Waals surface area contributed by atoms with Gasteiger partial charge in [-0.15, -0.1) is 0 Å². The molecule has 0 aliphatic rings. The summed E-state index contributed by atoms with van der Waals surface area (Å²) in [6.45, 7) is 0.982. The Balaban J connectivity index is 1.73. The van der Waals surface area contributed by atoms with E-state index in [9.17, 15) is 4.79 Å². The number of hydrogen-bond acceptors (Lipinski definition) is 5. The summed E-state index contributed by atoms with van der Waals surface area (Å²) in [7, 11) is 1.82. The molecule has 3 aromatic rings. The van der Waals surface area contributed by atoms with Crippen molar-refractivity contribution in [3.05, 3.63) is 52.6 Å². The Morgan fingerprint density at radius 2 is 2.15 bits per heavy atom. The highest BCUT2D eigenvalue weighted by Crippen LogP contribution is 2.05. The number of nitrogens with one attached hydrogen (secondary N) is 2. The molecular weight excluding hydrogens is 256 g/mol. The van der Waals surface area contributed by atoms with Crippen LogP contribution >= 0.6 is 0 Å². The second-order valence-corrected chi connectivity index (χ2v) is 4.47. The first-order valence-electron chi connectivity index (χ1n) is 6.25. The van der Waals surface area contributed by atoms with Crippen molar-refractivity contribution < 1.29 is 0 Å². The molecule has 0 radical (unpaired) electrons. The van der Waals surface area contributed by atoms with E-state index in [1.54, 1.807) is 17.1 Å². The Labute approximate surface area is 114 Å². The Hall–Kier alpha value is -2.54. The molecule has 0 atom stereocenters. The van der Waals surface area contributed by atoms with Gasteiger partial charge in [0, 0.05) is 7.05 Å². The van der Waals surface area contributed by atoms with E-state index < -0.39 is 0 Å². The third-order valence-corrected chi connectivity index (χ3v) is 2.88. The molecule has 0 unspecified atom stereocenters. The fraction of sp³-hybridized carbons (Fsp3) is 0.231. The van der Waals surface area contributed by atoms with Gasteiger partial charge in [0.25, 0.3) is 5.56 Å². The van der Waals surface area contributed by atoms with Crippen LogP contribution in [0.2, 0.25) is 0 Å². The second-order valence-electron chi connectivity index (χ2n) is 4.47. The number of para-hydroxylation sites is 1. The number of nitrogens with zero attached hydrogens (tertiary/aromatic N) is 4. The van der Waals surface area contributed by atoms with E-state index in [0.29, 0.717) is 35.6 Å². The van der Waals surface area contributed by atoms with Crippen LogP contribution in [-0.4, -0.2) is 24.7 Å². The quantitative estimate of drug-likeness (QED) is 0.713. The molecule has 0 aliphatic heterocycles. The first-order valence-corrected chi connectivity index (χ1v) is 6.25. The zero-order valence-corrected chi connectivity index (χ0v) is 11.0. The highest BCUT2D eigenvalue weighted by atomic mass is 16.1. The lowest BCUT2D eigenvalue weighted by Gasteiger charge is -2.03. The van der Waals surface area contributed by atoms with Crippen molar-refractivity contribution in [2.45, 2.75) is 13.1 Å². The molecule has 3 rings (SSSR count). The molecule has 2 aromatic heterocycles. The molecule has 102 valence electrons. The Morgan fingerprint density at radius 1 is 1.30 bits per heavy atom. The van der Waals surface area contributed by atoms with Crippen molar-refractivity contribution in [1.82, 2.24) is 30.0 Å². The lowest BCUT2D eigenvalue weighted by Crippen LogP contribution is -2.19. The highest BCUT2D eigenvalue weighted by Gasteiger charge is 2.03. The van der Waals surface area contributed by atoms with Gasteiger partial charge >= 0.3 is 0 Å². The molecule has 1 aromatic carbocycles. The average Bonchev–Trinajstić information content (AvgIpc) is 2.85. The summed E-state index contributed by atoms with van der Waals surface area (Å²) in [5.41, 5.74) is 0.576. The maximum atomic E-state index is 11.9. The number of H-pyrrole nitrogens is 1. The molecule has 0 fully saturated rings. The van der Waals surface area contributed by atoms with Crippen molar-refractivity contribution in [1.29, 1.82) is 0 Å². The molecule has 7 heteroatoms. The van der Waals surface area contributed by atoms with E-state index >= 15 is 0 Å². The number of rotatable bonds is 4. The fourth-order valence-corrected chi connectivity index (χ4v) is 1.98. The lowest BCUT2D eigenvalue weighted by atomic mass is 10.2. The van der Waals surface area contributed by atoms with Gasteiger partial charge in [-0.25, -0.2) is 9.97 Å². The summed E-state index contributed by atoms with van der Waals surface area (Å²) in [4.78, 5) is 23.2. The number of aromatic nitrogens is 5. The van der Waals surface area contributed by atoms with Crippen molar-refractivity contribution in [2.24, 2.45) is 7.05 Å². The molecule has 7 nitrogen and oxygen atoms in total. The highest BCUT2D eigenvalue weighted by molar-refractivity contribution is 5.77. The van der Waals surface area contributed by atoms with E-state index in [2.05, 4.69) is 25.4 Å². The Bertz CT molecular complexity index is 791. The van der Waals surface area contributed by atoms with Gasteiger partial charge in [-0.05, 0) is 12.1 Å². The largest absolute Gasteiger partial charge is 0.309 e. The van der Waals surface area contributed by atoms with E-state index in [0.717, 1.165) is 0 Å². The molecule has 20 heavy (non-hydrogen) atoms. The predicted molar refractivity (Wildman–Crippen MR) is 73.9 cm³/mol. The van der Waals surface area contributed by atoms with Gasteiger partial charge in [0.2, 0.25) is 0 Å². The standard InChI is InChI=1S/C13H14N6O/c1-19-8-15-11(18-19)6-14-7-12-16-10-5-3-2-4-9(10)13(20)17-12/h2-5,8,14H,6-7H2,1H3,(H,16,17,20). The zero-order chi connectivity index (χ0) is 13.9. The lowest BCUT2D eigenvalue weighted by molar-refractivity contribution is 0.630. The smallest absolute Gasteiger partial charge is 0.258 e. The zero-order valence-electron chi connectivity index (χ0n) is 11.0. The van der Waals surface area contributed by atoms with E-state index in [4.69, 9.17) is 0 Å². The minimum atomic E-state index is -0.122. The molecule has 2 N–H and O–H groups in total. The summed E-state index contributed by atoms with van der Waals surface area (Å²) in [5, 5.41) is 7.91. The van der Waals surface area contributed by atoms with Crippen LogP contribution in [0.3, 0.4) is 0 Å². The number of benzene rings is 1. The van der Waals surface area contributed by atoms with Crippen molar-refractivity contribution in [3.63, 3.8) is 0 Å². The van der Waals surface area contributed by atoms with Crippen LogP contribution in [0.5, 0.6) is 0 Å². The van der Waals surface area contributed by atoms with Crippen molar-refractivity contribution in [3.8, 4) is 0 Å². The average molecular weight is 270 g/mol. The van der Waals surface area contributed by atoms with Crippen LogP contribution in [0.1, 0.15) is 11.6 Å². The number of aryl methyl sites for hydroxylation is 1. The third-order valence-electron chi connectivity index (χ3n) is 2.88. The van der Waals surface area contributed by atoms with Crippen LogP contribution in [0.25, 0.3) is 10.9 Å². The van der Waals surface area contributed by atoms with Crippen LogP contribution in [0, 0.1) is 0 Å². The summed E-state index contributed by atoms with van der Waals surface area (Å²) in [6, 6.07) is 7.28. The van der Waals surface area contributed by atoms with Crippen molar-refractivity contribution >= 4 is 10.9 Å². The normalized spacial score (nSPS) is 11.1. The van der Waals surface area contributed by atoms with Crippen LogP contribution in [-0.2, 0) is 20.1 Å². The van der Waals surface area contributed by atoms with E-state index in [1.165, 1.54) is 0 Å². The minimum Gasteiger partial charge on any atom is -0.309 e. The molecule has 0 amide bonds. The topological polar surface area (TPSA) is 88.5 Å². The SMILES string of the molecule is Cn1cnc(CNCc2nc3ccccc3c(=O)[nH]2)n1. The molecule has 0 saturated carbocycles. The van der Waals surface area contributed by atoms with Gasteiger partial charge in [-0.3, -0.25) is 9.48 Å². The van der Waals surface area contributed by atoms with Gasteiger partial charge in [-0.1, -0.05) is 12.1 Å². The summed E-state index contributed by atoms with van der Waals surface area (Å²) >= 11 is 0. The van der Waals surface area contributed by atoms with E-state index in [1.807, 2.05) is 25.2 Å². The summed E-state index contributed by atoms with van der Waals surface area (Å²) in [5.74, 6) is 1.31. The number of fused-ring (bicyclic) bond motifs is 1. The van der Waals surface area contributed by atoms with Crippen LogP contribution in [0.15, 0.2) is 35.4 Å². The van der Waals surface area contributed by atoms with Gasteiger partial charge in [-0.2, -0.15) is 5.10 Å². The van der Waals surface area contributed by atoms with Crippen LogP contribution in [0.4, 0.5) is 0 Å². The van der Waals surface area contributed by atoms with Crippen molar-refractivity contribution in [2.75, 3.05) is 0 Å². The number of aromatic amines is 1. The summed E-state index contributed by atoms with van der Waals surface area (Å²) in [6.07, 6.45) is 1.65. The maximum Gasteiger partial charge on any atom is 0.258 e. The van der Waals surface area contributed by atoms with Gasteiger partial charge in [0.1, 0.15) is 12.2 Å². The van der Waals surface area contributed by atoms with Gasteiger partial charge in [0.15, 0.2) is 5.82 Å².